The van der Waals surface area contributed by atoms with Crippen LogP contribution in [0.1, 0.15) is 13.8 Å². The van der Waals surface area contributed by atoms with E-state index in [0.717, 1.165) is 32.7 Å². The minimum absolute atomic E-state index is 0.164. The Morgan fingerprint density at radius 2 is 2.24 bits per heavy atom. The Morgan fingerprint density at radius 3 is 2.82 bits per heavy atom. The van der Waals surface area contributed by atoms with Crippen molar-refractivity contribution in [2.75, 3.05) is 45.9 Å². The van der Waals surface area contributed by atoms with Crippen molar-refractivity contribution in [3.63, 3.8) is 0 Å². The minimum atomic E-state index is -0.273. The number of rotatable bonds is 6. The standard InChI is InChI=1S/C11H24N4O2/c1-3-14(4-2)5-6-15-7-8-17-10(9-15)11(12)13-16/h10,16H,3-9H2,1-2H3,(H2,12,13). The second kappa shape index (κ2) is 7.47. The maximum Gasteiger partial charge on any atom is 0.169 e. The number of ether oxygens (including phenoxy) is 1. The monoisotopic (exact) mass is 244 g/mol. The molecule has 6 heteroatoms. The van der Waals surface area contributed by atoms with E-state index in [4.69, 9.17) is 15.7 Å². The average molecular weight is 244 g/mol. The highest BCUT2D eigenvalue weighted by Gasteiger charge is 2.23. The first-order valence-corrected chi connectivity index (χ1v) is 6.25. The summed E-state index contributed by atoms with van der Waals surface area (Å²) >= 11 is 0. The van der Waals surface area contributed by atoms with Crippen molar-refractivity contribution < 1.29 is 9.94 Å². The van der Waals surface area contributed by atoms with E-state index < -0.39 is 0 Å². The number of morpholine rings is 1. The second-order valence-corrected chi connectivity index (χ2v) is 4.21. The molecule has 0 bridgehead atoms. The Hall–Kier alpha value is -0.850. The van der Waals surface area contributed by atoms with Gasteiger partial charge >= 0.3 is 0 Å². The van der Waals surface area contributed by atoms with E-state index in [2.05, 4.69) is 28.8 Å². The summed E-state index contributed by atoms with van der Waals surface area (Å²) in [6, 6.07) is 0. The van der Waals surface area contributed by atoms with Crippen LogP contribution in [0.15, 0.2) is 5.16 Å². The third kappa shape index (κ3) is 4.49. The highest BCUT2D eigenvalue weighted by molar-refractivity contribution is 5.84. The van der Waals surface area contributed by atoms with Crippen LogP contribution in [0.2, 0.25) is 0 Å². The number of nitrogens with zero attached hydrogens (tertiary/aromatic N) is 3. The Morgan fingerprint density at radius 1 is 1.53 bits per heavy atom. The predicted molar refractivity (Wildman–Crippen MR) is 67.4 cm³/mol. The van der Waals surface area contributed by atoms with Crippen molar-refractivity contribution in [3.05, 3.63) is 0 Å². The Kier molecular flexibility index (Phi) is 6.25. The van der Waals surface area contributed by atoms with Gasteiger partial charge < -0.3 is 20.6 Å². The fourth-order valence-corrected chi connectivity index (χ4v) is 1.97. The van der Waals surface area contributed by atoms with Gasteiger partial charge in [0.05, 0.1) is 6.61 Å². The lowest BCUT2D eigenvalue weighted by molar-refractivity contribution is 0.00189. The molecular formula is C11H24N4O2. The van der Waals surface area contributed by atoms with Crippen molar-refractivity contribution >= 4 is 5.84 Å². The number of oxime groups is 1. The summed E-state index contributed by atoms with van der Waals surface area (Å²) in [5.74, 6) is 0.164. The topological polar surface area (TPSA) is 74.3 Å². The fourth-order valence-electron chi connectivity index (χ4n) is 1.97. The number of likely N-dealkylation sites (N-methyl/N-ethyl adjacent to an activating group) is 1. The Balaban J connectivity index is 2.34. The molecule has 1 aliphatic rings. The molecule has 1 aliphatic heterocycles. The van der Waals surface area contributed by atoms with E-state index in [0.29, 0.717) is 13.2 Å². The van der Waals surface area contributed by atoms with E-state index in [9.17, 15) is 0 Å². The molecule has 100 valence electrons. The van der Waals surface area contributed by atoms with Crippen LogP contribution < -0.4 is 5.73 Å². The summed E-state index contributed by atoms with van der Waals surface area (Å²) in [7, 11) is 0. The number of amidine groups is 1. The van der Waals surface area contributed by atoms with E-state index in [1.807, 2.05) is 0 Å². The van der Waals surface area contributed by atoms with Gasteiger partial charge in [0.1, 0.15) is 6.10 Å². The lowest BCUT2D eigenvalue weighted by Gasteiger charge is -2.33. The molecular weight excluding hydrogens is 220 g/mol. The molecule has 0 aliphatic carbocycles. The van der Waals surface area contributed by atoms with Gasteiger partial charge in [-0.25, -0.2) is 0 Å². The van der Waals surface area contributed by atoms with Crippen molar-refractivity contribution in [3.8, 4) is 0 Å². The van der Waals surface area contributed by atoms with Gasteiger partial charge in [-0.05, 0) is 13.1 Å². The second-order valence-electron chi connectivity index (χ2n) is 4.21. The molecule has 1 atom stereocenters. The third-order valence-corrected chi connectivity index (χ3v) is 3.22. The van der Waals surface area contributed by atoms with Gasteiger partial charge in [0.15, 0.2) is 5.84 Å². The lowest BCUT2D eigenvalue weighted by atomic mass is 10.2. The van der Waals surface area contributed by atoms with Gasteiger partial charge in [-0.15, -0.1) is 0 Å². The van der Waals surface area contributed by atoms with Crippen LogP contribution in [-0.2, 0) is 4.74 Å². The quantitative estimate of drug-likeness (QED) is 0.292. The maximum absolute atomic E-state index is 8.62. The maximum atomic E-state index is 8.62. The molecule has 0 aromatic heterocycles. The minimum Gasteiger partial charge on any atom is -0.409 e. The van der Waals surface area contributed by atoms with Crippen LogP contribution in [0.4, 0.5) is 0 Å². The van der Waals surface area contributed by atoms with E-state index in [-0.39, 0.29) is 11.9 Å². The molecule has 1 fully saturated rings. The summed E-state index contributed by atoms with van der Waals surface area (Å²) < 4.78 is 5.45. The van der Waals surface area contributed by atoms with Gasteiger partial charge in [0.25, 0.3) is 0 Å². The summed E-state index contributed by atoms with van der Waals surface area (Å²) in [4.78, 5) is 4.68. The summed E-state index contributed by atoms with van der Waals surface area (Å²) in [6.07, 6.45) is -0.273. The fraction of sp³-hybridized carbons (Fsp3) is 0.909. The third-order valence-electron chi connectivity index (χ3n) is 3.22. The molecule has 0 aromatic rings. The molecule has 0 aromatic carbocycles. The zero-order valence-corrected chi connectivity index (χ0v) is 10.8. The molecule has 0 radical (unpaired) electrons. The molecule has 1 saturated heterocycles. The summed E-state index contributed by atoms with van der Waals surface area (Å²) in [6.45, 7) is 10.8. The van der Waals surface area contributed by atoms with Crippen molar-refractivity contribution in [2.24, 2.45) is 10.9 Å². The highest BCUT2D eigenvalue weighted by atomic mass is 16.5. The molecule has 6 nitrogen and oxygen atoms in total. The van der Waals surface area contributed by atoms with Crippen molar-refractivity contribution in [1.82, 2.24) is 9.80 Å². The van der Waals surface area contributed by atoms with Crippen LogP contribution in [0.5, 0.6) is 0 Å². The first-order valence-electron chi connectivity index (χ1n) is 6.25. The first kappa shape index (κ1) is 14.2. The van der Waals surface area contributed by atoms with Gasteiger partial charge in [-0.1, -0.05) is 19.0 Å². The van der Waals surface area contributed by atoms with Gasteiger partial charge in [-0.2, -0.15) is 0 Å². The van der Waals surface area contributed by atoms with Gasteiger partial charge in [0, 0.05) is 26.2 Å². The van der Waals surface area contributed by atoms with E-state index >= 15 is 0 Å². The highest BCUT2D eigenvalue weighted by Crippen LogP contribution is 2.05. The normalized spacial score (nSPS) is 23.2. The van der Waals surface area contributed by atoms with Crippen LogP contribution in [0.3, 0.4) is 0 Å². The van der Waals surface area contributed by atoms with Gasteiger partial charge in [0.2, 0.25) is 0 Å². The molecule has 0 saturated carbocycles. The molecule has 0 amide bonds. The van der Waals surface area contributed by atoms with E-state index in [1.54, 1.807) is 0 Å². The zero-order chi connectivity index (χ0) is 12.7. The largest absolute Gasteiger partial charge is 0.409 e. The molecule has 1 unspecified atom stereocenters. The van der Waals surface area contributed by atoms with Crippen LogP contribution >= 0.6 is 0 Å². The first-order chi connectivity index (χ1) is 8.21. The zero-order valence-electron chi connectivity index (χ0n) is 10.8. The van der Waals surface area contributed by atoms with E-state index in [1.165, 1.54) is 0 Å². The molecule has 17 heavy (non-hydrogen) atoms. The molecule has 3 N–H and O–H groups in total. The smallest absolute Gasteiger partial charge is 0.169 e. The Labute approximate surface area is 103 Å². The number of nitrogens with two attached hydrogens (primary N) is 1. The van der Waals surface area contributed by atoms with Crippen LogP contribution in [0, 0.1) is 0 Å². The predicted octanol–water partition coefficient (Wildman–Crippen LogP) is -0.225. The number of hydrogen-bond acceptors (Lipinski definition) is 5. The van der Waals surface area contributed by atoms with Crippen LogP contribution in [-0.4, -0.2) is 72.8 Å². The van der Waals surface area contributed by atoms with Crippen molar-refractivity contribution in [1.29, 1.82) is 0 Å². The molecule has 1 rings (SSSR count). The van der Waals surface area contributed by atoms with Crippen LogP contribution in [0.25, 0.3) is 0 Å². The average Bonchev–Trinajstić information content (AvgIpc) is 2.39. The Bertz CT molecular complexity index is 244. The lowest BCUT2D eigenvalue weighted by Crippen LogP contribution is -2.50. The molecule has 0 spiro atoms. The summed E-state index contributed by atoms with van der Waals surface area (Å²) in [5.41, 5.74) is 5.56. The van der Waals surface area contributed by atoms with Gasteiger partial charge in [-0.3, -0.25) is 4.90 Å². The molecule has 1 heterocycles. The number of hydrogen-bond donors (Lipinski definition) is 2. The SMILES string of the molecule is CCN(CC)CCN1CCOC(C(N)=NO)C1. The van der Waals surface area contributed by atoms with Crippen molar-refractivity contribution in [2.45, 2.75) is 20.0 Å². The summed E-state index contributed by atoms with van der Waals surface area (Å²) in [5, 5.41) is 11.6.